The fraction of sp³-hybridized carbons (Fsp3) is 0.545. The van der Waals surface area contributed by atoms with Crippen molar-refractivity contribution < 1.29 is 21.6 Å². The van der Waals surface area contributed by atoms with Gasteiger partial charge in [-0.25, -0.2) is 17.2 Å². The number of fused-ring (bicyclic) bond motifs is 1. The SMILES string of the molecule is C/C(=N/S(=O)(=O)C(C)(C)C)c1cc(C)cc2c(=O)cc(C3CCC(F)(F)CC3)oc12. The molecule has 0 spiro atoms. The molecule has 1 saturated carbocycles. The standard InChI is InChI=1S/C22H27F2NO4S/c1-13-10-16(14(2)25-30(27,28)21(3,4)5)20-17(11-13)18(26)12-19(29-20)15-6-8-22(23,24)9-7-15/h10-12,15H,6-9H2,1-5H3/b25-14-. The van der Waals surface area contributed by atoms with Crippen LogP contribution in [0.4, 0.5) is 8.78 Å². The summed E-state index contributed by atoms with van der Waals surface area (Å²) in [5, 5.41) is 0.317. The van der Waals surface area contributed by atoms with Crippen LogP contribution in [0.5, 0.6) is 0 Å². The summed E-state index contributed by atoms with van der Waals surface area (Å²) >= 11 is 0. The molecule has 0 bridgehead atoms. The zero-order chi connectivity index (χ0) is 22.5. The van der Waals surface area contributed by atoms with Crippen molar-refractivity contribution in [1.82, 2.24) is 0 Å². The molecule has 5 nitrogen and oxygen atoms in total. The predicted octanol–water partition coefficient (Wildman–Crippen LogP) is 5.33. The van der Waals surface area contributed by atoms with E-state index < -0.39 is 20.7 Å². The lowest BCUT2D eigenvalue weighted by molar-refractivity contribution is -0.0395. The third kappa shape index (κ3) is 4.48. The molecule has 1 aliphatic carbocycles. The summed E-state index contributed by atoms with van der Waals surface area (Å²) in [4.78, 5) is 12.8. The lowest BCUT2D eigenvalue weighted by atomic mass is 9.85. The molecular weight excluding hydrogens is 412 g/mol. The van der Waals surface area contributed by atoms with E-state index in [0.717, 1.165) is 5.56 Å². The summed E-state index contributed by atoms with van der Waals surface area (Å²) in [6, 6.07) is 4.77. The topological polar surface area (TPSA) is 76.7 Å². The summed E-state index contributed by atoms with van der Waals surface area (Å²) in [5.74, 6) is -2.59. The van der Waals surface area contributed by atoms with Gasteiger partial charge < -0.3 is 4.42 Å². The highest BCUT2D eigenvalue weighted by atomic mass is 32.2. The highest BCUT2D eigenvalue weighted by Crippen LogP contribution is 2.41. The number of hydrogen-bond acceptors (Lipinski definition) is 4. The average Bonchev–Trinajstić information content (AvgIpc) is 2.60. The highest BCUT2D eigenvalue weighted by Gasteiger charge is 2.36. The Bertz CT molecular complexity index is 1160. The van der Waals surface area contributed by atoms with Crippen molar-refractivity contribution in [2.45, 2.75) is 76.9 Å². The molecule has 1 aromatic carbocycles. The molecule has 8 heteroatoms. The molecule has 1 aromatic heterocycles. The highest BCUT2D eigenvalue weighted by molar-refractivity contribution is 7.91. The third-order valence-corrected chi connectivity index (χ3v) is 7.59. The number of aryl methyl sites for hydroxylation is 1. The minimum atomic E-state index is -3.80. The van der Waals surface area contributed by atoms with Crippen molar-refractivity contribution in [1.29, 1.82) is 0 Å². The van der Waals surface area contributed by atoms with E-state index in [9.17, 15) is 22.0 Å². The van der Waals surface area contributed by atoms with Gasteiger partial charge in [-0.1, -0.05) is 0 Å². The maximum absolute atomic E-state index is 13.5. The monoisotopic (exact) mass is 439 g/mol. The normalized spacial score (nSPS) is 18.7. The van der Waals surface area contributed by atoms with E-state index in [1.165, 1.54) is 6.07 Å². The Morgan fingerprint density at radius 3 is 2.33 bits per heavy atom. The van der Waals surface area contributed by atoms with Gasteiger partial charge in [0.05, 0.1) is 15.8 Å². The van der Waals surface area contributed by atoms with Crippen molar-refractivity contribution >= 4 is 26.7 Å². The Balaban J connectivity index is 2.16. The number of halogens is 2. The van der Waals surface area contributed by atoms with E-state index in [1.54, 1.807) is 46.8 Å². The maximum Gasteiger partial charge on any atom is 0.258 e. The van der Waals surface area contributed by atoms with E-state index in [2.05, 4.69) is 4.40 Å². The first kappa shape index (κ1) is 22.6. The number of alkyl halides is 2. The quantitative estimate of drug-likeness (QED) is 0.606. The Labute approximate surface area is 175 Å². The summed E-state index contributed by atoms with van der Waals surface area (Å²) < 4.78 is 61.1. The van der Waals surface area contributed by atoms with Crippen LogP contribution in [0, 0.1) is 6.92 Å². The second kappa shape index (κ2) is 7.55. The van der Waals surface area contributed by atoms with Crippen molar-refractivity contribution in [3.05, 3.63) is 45.3 Å². The predicted molar refractivity (Wildman–Crippen MR) is 114 cm³/mol. The number of benzene rings is 1. The Morgan fingerprint density at radius 1 is 1.17 bits per heavy atom. The summed E-state index contributed by atoms with van der Waals surface area (Å²) in [7, 11) is -3.80. The first-order chi connectivity index (χ1) is 13.7. The Kier molecular flexibility index (Phi) is 5.69. The first-order valence-electron chi connectivity index (χ1n) is 9.98. The maximum atomic E-state index is 13.5. The lowest BCUT2D eigenvalue weighted by Crippen LogP contribution is -2.26. The number of rotatable bonds is 3. The van der Waals surface area contributed by atoms with Crippen LogP contribution >= 0.6 is 0 Å². The van der Waals surface area contributed by atoms with Crippen LogP contribution in [0.2, 0.25) is 0 Å². The number of nitrogens with zero attached hydrogens (tertiary/aromatic N) is 1. The van der Waals surface area contributed by atoms with Crippen molar-refractivity contribution in [2.75, 3.05) is 0 Å². The Hall–Kier alpha value is -2.09. The van der Waals surface area contributed by atoms with Gasteiger partial charge in [-0.05, 0) is 65.2 Å². The molecular formula is C22H27F2NO4S. The molecule has 1 aliphatic rings. The zero-order valence-corrected chi connectivity index (χ0v) is 18.7. The molecule has 0 atom stereocenters. The summed E-state index contributed by atoms with van der Waals surface area (Å²) in [6.45, 7) is 8.04. The smallest absolute Gasteiger partial charge is 0.258 e. The molecule has 0 radical (unpaired) electrons. The molecule has 2 aromatic rings. The summed E-state index contributed by atoms with van der Waals surface area (Å²) in [6.07, 6.45) is -0.0306. The molecule has 1 fully saturated rings. The molecule has 0 saturated heterocycles. The minimum absolute atomic E-state index is 0.217. The molecule has 1 heterocycles. The van der Waals surface area contributed by atoms with Gasteiger partial charge in [-0.15, -0.1) is 0 Å². The summed E-state index contributed by atoms with van der Waals surface area (Å²) in [5.41, 5.74) is 1.36. The van der Waals surface area contributed by atoms with Crippen LogP contribution in [0.1, 0.15) is 76.2 Å². The van der Waals surface area contributed by atoms with Crippen molar-refractivity contribution in [3.8, 4) is 0 Å². The molecule has 3 rings (SSSR count). The first-order valence-corrected chi connectivity index (χ1v) is 11.4. The van der Waals surface area contributed by atoms with Gasteiger partial charge in [0, 0.05) is 30.4 Å². The van der Waals surface area contributed by atoms with E-state index in [1.807, 2.05) is 0 Å². The van der Waals surface area contributed by atoms with Gasteiger partial charge in [0.15, 0.2) is 5.43 Å². The van der Waals surface area contributed by atoms with Gasteiger partial charge in [0.25, 0.3) is 10.0 Å². The van der Waals surface area contributed by atoms with Gasteiger partial charge in [0.2, 0.25) is 5.92 Å². The van der Waals surface area contributed by atoms with Gasteiger partial charge in [-0.3, -0.25) is 4.79 Å². The molecule has 0 unspecified atom stereocenters. The van der Waals surface area contributed by atoms with Crippen LogP contribution < -0.4 is 5.43 Å². The zero-order valence-electron chi connectivity index (χ0n) is 17.9. The minimum Gasteiger partial charge on any atom is -0.460 e. The largest absolute Gasteiger partial charge is 0.460 e. The van der Waals surface area contributed by atoms with Crippen molar-refractivity contribution in [2.24, 2.45) is 4.40 Å². The number of sulfonamides is 1. The van der Waals surface area contributed by atoms with E-state index in [-0.39, 0.29) is 48.3 Å². The van der Waals surface area contributed by atoms with Gasteiger partial charge in [-0.2, -0.15) is 4.40 Å². The van der Waals surface area contributed by atoms with Crippen LogP contribution in [0.3, 0.4) is 0 Å². The van der Waals surface area contributed by atoms with E-state index >= 15 is 0 Å². The van der Waals surface area contributed by atoms with E-state index in [4.69, 9.17) is 4.42 Å². The molecule has 0 aliphatic heterocycles. The van der Waals surface area contributed by atoms with Crippen LogP contribution in [0.25, 0.3) is 11.0 Å². The fourth-order valence-corrected chi connectivity index (χ4v) is 4.31. The molecule has 0 amide bonds. The number of hydrogen-bond donors (Lipinski definition) is 0. The molecule has 164 valence electrons. The van der Waals surface area contributed by atoms with E-state index in [0.29, 0.717) is 16.7 Å². The second-order valence-electron chi connectivity index (χ2n) is 9.10. The Morgan fingerprint density at radius 2 is 1.77 bits per heavy atom. The lowest BCUT2D eigenvalue weighted by Gasteiger charge is -2.27. The average molecular weight is 440 g/mol. The fourth-order valence-electron chi connectivity index (χ4n) is 3.58. The molecule has 0 N–H and O–H groups in total. The van der Waals surface area contributed by atoms with Gasteiger partial charge >= 0.3 is 0 Å². The van der Waals surface area contributed by atoms with Crippen LogP contribution in [-0.2, 0) is 10.0 Å². The van der Waals surface area contributed by atoms with Crippen molar-refractivity contribution in [3.63, 3.8) is 0 Å². The third-order valence-electron chi connectivity index (χ3n) is 5.53. The second-order valence-corrected chi connectivity index (χ2v) is 11.5. The van der Waals surface area contributed by atoms with Gasteiger partial charge in [0.1, 0.15) is 11.3 Å². The van der Waals surface area contributed by atoms with Crippen LogP contribution in [0.15, 0.2) is 31.8 Å². The van der Waals surface area contributed by atoms with Crippen LogP contribution in [-0.4, -0.2) is 24.8 Å². The molecule has 30 heavy (non-hydrogen) atoms.